The van der Waals surface area contributed by atoms with Crippen molar-refractivity contribution in [3.05, 3.63) is 317 Å². The van der Waals surface area contributed by atoms with Crippen molar-refractivity contribution in [1.29, 1.82) is 0 Å². The van der Waals surface area contributed by atoms with Crippen LogP contribution in [0.25, 0.3) is 67.1 Å². The number of hydrogen-bond donors (Lipinski definition) is 2. The second-order valence-corrected chi connectivity index (χ2v) is 44.0. The van der Waals surface area contributed by atoms with Crippen molar-refractivity contribution in [2.75, 3.05) is 12.8 Å². The van der Waals surface area contributed by atoms with Gasteiger partial charge in [0.05, 0.1) is 140 Å². The molecule has 0 saturated heterocycles. The van der Waals surface area contributed by atoms with E-state index >= 15 is 0 Å². The molecule has 0 saturated carbocycles. The number of terminal acetylenes is 1. The molecule has 0 fully saturated rings. The Morgan fingerprint density at radius 1 is 0.353 bits per heavy atom. The quantitative estimate of drug-likeness (QED) is 0.0848. The highest BCUT2D eigenvalue weighted by Gasteiger charge is 2.25. The highest BCUT2D eigenvalue weighted by molar-refractivity contribution is 7.93. The first kappa shape index (κ1) is 101. The number of methoxy groups -OCH3 is 1. The Kier molecular flexibility index (Phi) is 33.8. The first-order valence-electron chi connectivity index (χ1n) is 41.8. The number of halogens is 1. The van der Waals surface area contributed by atoms with Crippen molar-refractivity contribution in [3.63, 3.8) is 0 Å². The fourth-order valence-electron chi connectivity index (χ4n) is 12.1. The Morgan fingerprint density at radius 3 is 0.970 bits per heavy atom. The van der Waals surface area contributed by atoms with E-state index in [0.29, 0.717) is 78.0 Å². The molecule has 0 aliphatic heterocycles. The molecule has 5 aromatic heterocycles. The number of benzene rings is 9. The Hall–Kier alpha value is -14.3. The fraction of sp³-hybridized carbons (Fsp3) is 0.212. The zero-order valence-electron chi connectivity index (χ0n) is 76.0. The lowest BCUT2D eigenvalue weighted by Crippen LogP contribution is -2.13. The minimum absolute atomic E-state index is 0. The maximum atomic E-state index is 13.3. The number of nitrogens with two attached hydrogens (primary N) is 1. The van der Waals surface area contributed by atoms with Crippen LogP contribution in [0.15, 0.2) is 268 Å². The van der Waals surface area contributed by atoms with Crippen LogP contribution < -0.4 is 10.5 Å². The number of aliphatic hydroxyl groups excluding tert-OH is 1. The highest BCUT2D eigenvalue weighted by Crippen LogP contribution is 2.30. The van der Waals surface area contributed by atoms with Gasteiger partial charge in [0, 0.05) is 51.6 Å². The van der Waals surface area contributed by atoms with Crippen LogP contribution in [0.2, 0.25) is 0 Å². The van der Waals surface area contributed by atoms with Crippen LogP contribution in [0.5, 0.6) is 5.75 Å². The molecule has 0 spiro atoms. The van der Waals surface area contributed by atoms with E-state index in [1.165, 1.54) is 18.3 Å². The van der Waals surface area contributed by atoms with Crippen molar-refractivity contribution in [3.8, 4) is 122 Å². The van der Waals surface area contributed by atoms with Crippen LogP contribution in [0, 0.1) is 93.2 Å². The minimum atomic E-state index is -3.32. The van der Waals surface area contributed by atoms with Crippen molar-refractivity contribution in [2.45, 2.75) is 161 Å². The summed E-state index contributed by atoms with van der Waals surface area (Å²) < 4.78 is 141. The summed E-state index contributed by atoms with van der Waals surface area (Å²) in [6.07, 6.45) is 12.7. The summed E-state index contributed by atoms with van der Waals surface area (Å²) >= 11 is 0. The first-order valence-corrected chi connectivity index (χ1v) is 49.5. The summed E-state index contributed by atoms with van der Waals surface area (Å²) in [4.78, 5) is 45.3. The topological polar surface area (TPSA) is 355 Å². The second kappa shape index (κ2) is 44.5. The zero-order chi connectivity index (χ0) is 96.9. The lowest BCUT2D eigenvalue weighted by molar-refractivity contribution is 0.253. The van der Waals surface area contributed by atoms with Gasteiger partial charge in [0.25, 0.3) is 0 Å². The summed E-state index contributed by atoms with van der Waals surface area (Å²) in [5.74, 6) is 26.8. The number of aromatic nitrogens is 10. The van der Waals surface area contributed by atoms with Gasteiger partial charge in [-0.25, -0.2) is 76.4 Å². The van der Waals surface area contributed by atoms with E-state index in [0.717, 1.165) is 66.9 Å². The lowest BCUT2D eigenvalue weighted by Gasteiger charge is -2.09. The molecule has 688 valence electrons. The van der Waals surface area contributed by atoms with Gasteiger partial charge in [0.2, 0.25) is 0 Å². The van der Waals surface area contributed by atoms with Crippen molar-refractivity contribution < 1.29 is 63.5 Å². The van der Waals surface area contributed by atoms with Crippen molar-refractivity contribution in [2.24, 2.45) is 0 Å². The molecule has 1 atom stereocenters. The third kappa shape index (κ3) is 26.1. The number of nitrogens with zero attached hydrogens (tertiary/aromatic N) is 10. The van der Waals surface area contributed by atoms with E-state index in [-0.39, 0.29) is 39.1 Å². The Balaban J connectivity index is 0.000000303. The number of aryl methyl sites for hydroxylation is 4. The maximum Gasteiger partial charge on any atom is 0.180 e. The number of rotatable bonds is 16. The average molecular weight is 1880 g/mol. The predicted octanol–water partition coefficient (Wildman–Crippen LogP) is 18.9. The molecular formula is C104H108FN11O12S5. The molecule has 3 N–H and O–H groups in total. The molecule has 0 aliphatic carbocycles. The average Bonchev–Trinajstić information content (AvgIpc) is 0.818. The van der Waals surface area contributed by atoms with Crippen LogP contribution >= 0.6 is 0 Å². The van der Waals surface area contributed by atoms with E-state index < -0.39 is 81.5 Å². The van der Waals surface area contributed by atoms with Gasteiger partial charge < -0.3 is 15.6 Å². The number of sulfone groups is 5. The summed E-state index contributed by atoms with van der Waals surface area (Å²) in [6.45, 7) is 25.5. The van der Waals surface area contributed by atoms with Gasteiger partial charge in [-0.15, -0.1) is 6.42 Å². The summed E-state index contributed by atoms with van der Waals surface area (Å²) in [5, 5.41) is 9.16. The summed E-state index contributed by atoms with van der Waals surface area (Å²) in [7, 11) is -14.9. The molecule has 9 aromatic carbocycles. The standard InChI is InChI=1S/C26H22N2O2S.C23H22N2O3S.C22H19FN2O2S.C18H20N2O3S.C15H15N3O2S.5H2/c1-18(2)31(29,30)23-14-11-22(12-15-23)26-17-27-19(3)25(28-26)16-13-21-9-6-8-20-7-4-5-10-24(20)21;1-16(2)29(26,27)21-11-9-19(10-12-21)23-15-24-17(3)22(25-23)13-8-18-6-5-7-20(14-18)28-4;1-15(2)28(26,27)20-10-8-18(9-11-20)22-14-24-16(3)21(25-22)12-7-17-5-4-6-19(23)13-17;1-12(2)24(22,23)16-8-6-15(7-9-16)18-11-19-14(4)17(20-18)10-5-13(3)21;1-4-13-15(16)17-9-14(18-13)11-5-7-12(8-6-11)21(19,20)10(2)3;;;;;/h4-12,14-15,17-18H,1-3H3;5-7,9-12,14-16H,1-4H3;4-6,8-11,13-15H,1-3H3;6-9,11-13,21H,1-4H3;1,5-10H,2-3H3,(H2,16,17);5*1H/t;;;13-;;;;;;/m...1....../s1. The van der Waals surface area contributed by atoms with Crippen LogP contribution in [-0.2, 0) is 49.2 Å². The monoisotopic (exact) mass is 1880 g/mol. The van der Waals surface area contributed by atoms with Gasteiger partial charge in [-0.05, 0) is 247 Å². The molecule has 14 aromatic rings. The van der Waals surface area contributed by atoms with Gasteiger partial charge in [-0.1, -0.05) is 133 Å². The normalized spacial score (nSPS) is 11.5. The summed E-state index contributed by atoms with van der Waals surface area (Å²) in [6, 6.07) is 60.8. The van der Waals surface area contributed by atoms with E-state index in [2.05, 4.69) is 121 Å². The fourth-order valence-corrected chi connectivity index (χ4v) is 17.4. The van der Waals surface area contributed by atoms with Crippen LogP contribution in [-0.4, -0.2) is 136 Å². The molecule has 0 radical (unpaired) electrons. The SMILES string of the molecule is C#Cc1nc(-c2ccc(S(=O)(=O)C(C)C)cc2)cnc1N.COc1cccc(C#Cc2nc(-c3ccc(S(=O)(=O)C(C)C)cc3)cnc2C)c1.Cc1ncc(-c2ccc(S(=O)(=O)C(C)C)cc2)nc1C#C[C@@H](C)O.Cc1ncc(-c2ccc(S(=O)(=O)C(C)C)cc2)nc1C#Cc1cccc(F)c1.Cc1ncc(-c2ccc(S(=O)(=O)C(C)C)cc2)nc1C#Cc1cccc2ccccc12.[HH].[HH].[HH].[HH].[HH]. The Morgan fingerprint density at radius 2 is 0.647 bits per heavy atom. The molecule has 29 heteroatoms. The van der Waals surface area contributed by atoms with Gasteiger partial charge in [-0.2, -0.15) is 0 Å². The molecule has 0 bridgehead atoms. The van der Waals surface area contributed by atoms with Gasteiger partial charge in [0.15, 0.2) is 60.7 Å². The third-order valence-corrected chi connectivity index (χ3v) is 31.2. The first-order chi connectivity index (χ1) is 63.0. The molecule has 0 aliphatic rings. The number of anilines is 1. The number of ether oxygens (including phenoxy) is 1. The predicted molar refractivity (Wildman–Crippen MR) is 531 cm³/mol. The van der Waals surface area contributed by atoms with Crippen LogP contribution in [0.4, 0.5) is 10.2 Å². The minimum Gasteiger partial charge on any atom is -0.497 e. The molecule has 23 nitrogen and oxygen atoms in total. The number of aliphatic hydroxyl groups is 1. The molecule has 5 heterocycles. The lowest BCUT2D eigenvalue weighted by atomic mass is 10.0. The number of hydrogen-bond acceptors (Lipinski definition) is 23. The van der Waals surface area contributed by atoms with E-state index in [4.69, 9.17) is 16.9 Å². The Labute approximate surface area is 786 Å². The zero-order valence-corrected chi connectivity index (χ0v) is 80.1. The third-order valence-electron chi connectivity index (χ3n) is 20.3. The molecule has 0 amide bonds. The van der Waals surface area contributed by atoms with Crippen molar-refractivity contribution in [1.82, 2.24) is 49.8 Å². The van der Waals surface area contributed by atoms with Gasteiger partial charge >= 0.3 is 0 Å². The molecule has 0 unspecified atom stereocenters. The second-order valence-electron chi connectivity index (χ2n) is 31.4. The largest absolute Gasteiger partial charge is 0.497 e. The van der Waals surface area contributed by atoms with Crippen molar-refractivity contribution >= 4 is 65.8 Å². The smallest absolute Gasteiger partial charge is 0.180 e. The number of fused-ring (bicyclic) bond motifs is 1. The maximum absolute atomic E-state index is 13.3. The number of nitrogen functional groups attached to an aromatic ring is 1. The molecule has 133 heavy (non-hydrogen) atoms. The molecular weight excluding hydrogens is 1770 g/mol. The molecule has 14 rings (SSSR count). The van der Waals surface area contributed by atoms with E-state index in [9.17, 15) is 51.6 Å². The highest BCUT2D eigenvalue weighted by atomic mass is 32.2. The summed E-state index contributed by atoms with van der Waals surface area (Å²) in [5.41, 5.74) is 20.0. The van der Waals surface area contributed by atoms with E-state index in [1.54, 1.807) is 255 Å². The van der Waals surface area contributed by atoms with Gasteiger partial charge in [0.1, 0.15) is 40.4 Å². The van der Waals surface area contributed by atoms with Crippen LogP contribution in [0.3, 0.4) is 0 Å². The van der Waals surface area contributed by atoms with Gasteiger partial charge in [-0.3, -0.25) is 19.9 Å². The Bertz CT molecular complexity index is 7590. The van der Waals surface area contributed by atoms with E-state index in [1.807, 2.05) is 62.4 Å². The van der Waals surface area contributed by atoms with Crippen LogP contribution in [0.1, 0.15) is 151 Å².